The van der Waals surface area contributed by atoms with E-state index in [1.54, 1.807) is 0 Å². The number of benzene rings is 1. The predicted molar refractivity (Wildman–Crippen MR) is 67.0 cm³/mol. The molecule has 1 aliphatic heterocycles. The molecule has 1 aliphatic rings. The smallest absolute Gasteiger partial charge is 0.120 e. The van der Waals surface area contributed by atoms with Gasteiger partial charge < -0.3 is 14.8 Å². The lowest BCUT2D eigenvalue weighted by atomic mass is 10.0. The highest BCUT2D eigenvalue weighted by atomic mass is 16.5. The number of aryl methyl sites for hydroxylation is 1. The summed E-state index contributed by atoms with van der Waals surface area (Å²) >= 11 is 0. The Morgan fingerprint density at radius 1 is 1.35 bits per heavy atom. The molecule has 1 unspecified atom stereocenters. The van der Waals surface area contributed by atoms with Crippen LogP contribution in [-0.4, -0.2) is 26.0 Å². The minimum atomic E-state index is 0.188. The van der Waals surface area contributed by atoms with Gasteiger partial charge in [0.05, 0.1) is 12.7 Å². The molecule has 1 aromatic rings. The zero-order chi connectivity index (χ0) is 11.9. The first-order chi connectivity index (χ1) is 8.40. The molecule has 1 fully saturated rings. The molecule has 2 rings (SSSR count). The van der Waals surface area contributed by atoms with E-state index in [0.29, 0.717) is 6.42 Å². The molecule has 3 nitrogen and oxygen atoms in total. The Morgan fingerprint density at radius 3 is 2.82 bits per heavy atom. The summed E-state index contributed by atoms with van der Waals surface area (Å²) in [5, 5.41) is 3.33. The molecule has 1 atom stereocenters. The fourth-order valence-electron chi connectivity index (χ4n) is 2.07. The number of ether oxygens (including phenoxy) is 1. The topological polar surface area (TPSA) is 38.3 Å². The zero-order valence-electron chi connectivity index (χ0n) is 10.0. The van der Waals surface area contributed by atoms with Crippen molar-refractivity contribution in [2.75, 3.05) is 19.7 Å². The van der Waals surface area contributed by atoms with Crippen molar-refractivity contribution in [3.63, 3.8) is 0 Å². The summed E-state index contributed by atoms with van der Waals surface area (Å²) in [6.07, 6.45) is 3.73. The van der Waals surface area contributed by atoms with Gasteiger partial charge >= 0.3 is 0 Å². The molecule has 92 valence electrons. The summed E-state index contributed by atoms with van der Waals surface area (Å²) < 4.78 is 5.69. The first-order valence-corrected chi connectivity index (χ1v) is 6.25. The van der Waals surface area contributed by atoms with Crippen LogP contribution in [0.15, 0.2) is 24.3 Å². The van der Waals surface area contributed by atoms with Crippen molar-refractivity contribution in [2.45, 2.75) is 25.4 Å². The number of carbonyl (C=O) groups is 1. The van der Waals surface area contributed by atoms with E-state index < -0.39 is 0 Å². The van der Waals surface area contributed by atoms with Gasteiger partial charge in [0.15, 0.2) is 0 Å². The van der Waals surface area contributed by atoms with Crippen molar-refractivity contribution in [3.05, 3.63) is 35.4 Å². The normalized spacial score (nSPS) is 20.1. The van der Waals surface area contributed by atoms with Crippen LogP contribution in [0.4, 0.5) is 0 Å². The maximum Gasteiger partial charge on any atom is 0.120 e. The van der Waals surface area contributed by atoms with Crippen LogP contribution in [0.3, 0.4) is 0 Å². The Kier molecular flexibility index (Phi) is 4.71. The molecule has 1 saturated heterocycles. The molecular weight excluding hydrogens is 214 g/mol. The van der Waals surface area contributed by atoms with E-state index in [-0.39, 0.29) is 6.10 Å². The Balaban J connectivity index is 1.90. The summed E-state index contributed by atoms with van der Waals surface area (Å²) in [6, 6.07) is 8.54. The fourth-order valence-corrected chi connectivity index (χ4v) is 2.07. The van der Waals surface area contributed by atoms with Crippen LogP contribution in [0.2, 0.25) is 0 Å². The number of hydrogen-bond donors (Lipinski definition) is 1. The number of unbranched alkanes of at least 4 members (excludes halogenated alkanes) is 1. The first kappa shape index (κ1) is 12.3. The Labute approximate surface area is 102 Å². The summed E-state index contributed by atoms with van der Waals surface area (Å²) in [5.74, 6) is 0. The Bertz CT molecular complexity index is 342. The molecule has 17 heavy (non-hydrogen) atoms. The summed E-state index contributed by atoms with van der Waals surface area (Å²) in [4.78, 5) is 10.2. The molecular formula is C14H19NO2. The van der Waals surface area contributed by atoms with E-state index in [4.69, 9.17) is 4.74 Å². The SMILES string of the molecule is O=CCCCc1ccc(C2CNCCO2)cc1. The van der Waals surface area contributed by atoms with Crippen LogP contribution >= 0.6 is 0 Å². The summed E-state index contributed by atoms with van der Waals surface area (Å²) in [7, 11) is 0. The number of rotatable bonds is 5. The molecule has 0 aliphatic carbocycles. The lowest BCUT2D eigenvalue weighted by Crippen LogP contribution is -2.33. The van der Waals surface area contributed by atoms with E-state index in [1.165, 1.54) is 11.1 Å². The number of nitrogens with one attached hydrogen (secondary N) is 1. The van der Waals surface area contributed by atoms with Gasteiger partial charge in [-0.15, -0.1) is 0 Å². The second-order valence-electron chi connectivity index (χ2n) is 4.36. The third kappa shape index (κ3) is 3.65. The molecule has 0 spiro atoms. The van der Waals surface area contributed by atoms with Gasteiger partial charge in [0.1, 0.15) is 6.29 Å². The van der Waals surface area contributed by atoms with Gasteiger partial charge in [0, 0.05) is 19.5 Å². The summed E-state index contributed by atoms with van der Waals surface area (Å²) in [5.41, 5.74) is 2.52. The van der Waals surface area contributed by atoms with Gasteiger partial charge in [-0.25, -0.2) is 0 Å². The van der Waals surface area contributed by atoms with E-state index in [0.717, 1.165) is 38.8 Å². The Morgan fingerprint density at radius 2 is 2.18 bits per heavy atom. The van der Waals surface area contributed by atoms with Gasteiger partial charge in [-0.05, 0) is 24.0 Å². The standard InChI is InChI=1S/C14H19NO2/c16-9-2-1-3-12-4-6-13(7-5-12)14-11-15-8-10-17-14/h4-7,9,14-15H,1-3,8,10-11H2. The van der Waals surface area contributed by atoms with Crippen LogP contribution in [-0.2, 0) is 16.0 Å². The van der Waals surface area contributed by atoms with Gasteiger partial charge in [-0.2, -0.15) is 0 Å². The highest BCUT2D eigenvalue weighted by Crippen LogP contribution is 2.19. The van der Waals surface area contributed by atoms with E-state index in [2.05, 4.69) is 29.6 Å². The van der Waals surface area contributed by atoms with E-state index in [9.17, 15) is 4.79 Å². The van der Waals surface area contributed by atoms with Crippen molar-refractivity contribution < 1.29 is 9.53 Å². The molecule has 0 aromatic heterocycles. The molecule has 0 bridgehead atoms. The van der Waals surface area contributed by atoms with Crippen LogP contribution in [0.5, 0.6) is 0 Å². The average Bonchev–Trinajstić information content (AvgIpc) is 2.41. The third-order valence-electron chi connectivity index (χ3n) is 3.07. The van der Waals surface area contributed by atoms with Crippen molar-refractivity contribution in [1.82, 2.24) is 5.32 Å². The second-order valence-corrected chi connectivity index (χ2v) is 4.36. The van der Waals surface area contributed by atoms with Gasteiger partial charge in [-0.3, -0.25) is 0 Å². The second kappa shape index (κ2) is 6.52. The molecule has 1 aromatic carbocycles. The highest BCUT2D eigenvalue weighted by Gasteiger charge is 2.14. The Hall–Kier alpha value is -1.19. The average molecular weight is 233 g/mol. The van der Waals surface area contributed by atoms with Crippen LogP contribution in [0.25, 0.3) is 0 Å². The first-order valence-electron chi connectivity index (χ1n) is 6.25. The predicted octanol–water partition coefficient (Wildman–Crippen LogP) is 1.87. The zero-order valence-corrected chi connectivity index (χ0v) is 10.0. The van der Waals surface area contributed by atoms with E-state index >= 15 is 0 Å². The largest absolute Gasteiger partial charge is 0.371 e. The van der Waals surface area contributed by atoms with Gasteiger partial charge in [0.2, 0.25) is 0 Å². The highest BCUT2D eigenvalue weighted by molar-refractivity contribution is 5.49. The van der Waals surface area contributed by atoms with Crippen LogP contribution in [0.1, 0.15) is 30.1 Å². The summed E-state index contributed by atoms with van der Waals surface area (Å²) in [6.45, 7) is 2.62. The van der Waals surface area contributed by atoms with E-state index in [1.807, 2.05) is 0 Å². The van der Waals surface area contributed by atoms with Gasteiger partial charge in [-0.1, -0.05) is 24.3 Å². The minimum Gasteiger partial charge on any atom is -0.371 e. The monoisotopic (exact) mass is 233 g/mol. The molecule has 1 heterocycles. The number of carbonyl (C=O) groups excluding carboxylic acids is 1. The van der Waals surface area contributed by atoms with Gasteiger partial charge in [0.25, 0.3) is 0 Å². The van der Waals surface area contributed by atoms with Crippen LogP contribution < -0.4 is 5.32 Å². The molecule has 3 heteroatoms. The maximum atomic E-state index is 10.2. The number of aldehydes is 1. The molecule has 0 saturated carbocycles. The van der Waals surface area contributed by atoms with Crippen molar-refractivity contribution in [3.8, 4) is 0 Å². The van der Waals surface area contributed by atoms with Crippen molar-refractivity contribution in [2.24, 2.45) is 0 Å². The number of hydrogen-bond acceptors (Lipinski definition) is 3. The van der Waals surface area contributed by atoms with Crippen molar-refractivity contribution >= 4 is 6.29 Å². The fraction of sp³-hybridized carbons (Fsp3) is 0.500. The number of morpholine rings is 1. The molecule has 1 N–H and O–H groups in total. The lowest BCUT2D eigenvalue weighted by Gasteiger charge is -2.24. The molecule has 0 amide bonds. The quantitative estimate of drug-likeness (QED) is 0.623. The van der Waals surface area contributed by atoms with Crippen molar-refractivity contribution in [1.29, 1.82) is 0 Å². The molecule has 0 radical (unpaired) electrons. The van der Waals surface area contributed by atoms with Crippen LogP contribution in [0, 0.1) is 0 Å². The third-order valence-corrected chi connectivity index (χ3v) is 3.07. The maximum absolute atomic E-state index is 10.2. The lowest BCUT2D eigenvalue weighted by molar-refractivity contribution is -0.107. The minimum absolute atomic E-state index is 0.188.